The van der Waals surface area contributed by atoms with E-state index in [0.717, 1.165) is 22.2 Å². The molecule has 6 heteroatoms. The molecule has 1 unspecified atom stereocenters. The van der Waals surface area contributed by atoms with E-state index < -0.39 is 0 Å². The second-order valence-electron chi connectivity index (χ2n) is 4.89. The first kappa shape index (κ1) is 15.0. The van der Waals surface area contributed by atoms with Crippen molar-refractivity contribution in [2.75, 3.05) is 13.7 Å². The molecule has 0 spiro atoms. The van der Waals surface area contributed by atoms with Gasteiger partial charge in [0.2, 0.25) is 11.7 Å². The molecule has 2 rings (SSSR count). The molecule has 1 aromatic heterocycles. The summed E-state index contributed by atoms with van der Waals surface area (Å²) in [6.45, 7) is 4.55. The van der Waals surface area contributed by atoms with E-state index in [-0.39, 0.29) is 5.41 Å². The topological polar surface area (TPSA) is 74.2 Å². The van der Waals surface area contributed by atoms with Crippen molar-refractivity contribution < 1.29 is 9.26 Å². The molecule has 0 bridgehead atoms. The van der Waals surface area contributed by atoms with Crippen LogP contribution in [0.2, 0.25) is 0 Å². The smallest absolute Gasteiger partial charge is 0.234 e. The second-order valence-corrected chi connectivity index (χ2v) is 5.75. The Morgan fingerprint density at radius 2 is 2.20 bits per heavy atom. The van der Waals surface area contributed by atoms with Crippen LogP contribution in [0.1, 0.15) is 26.2 Å². The summed E-state index contributed by atoms with van der Waals surface area (Å²) in [5, 5.41) is 4.04. The Morgan fingerprint density at radius 1 is 1.45 bits per heavy atom. The fraction of sp³-hybridized carbons (Fsp3) is 0.429. The van der Waals surface area contributed by atoms with E-state index in [2.05, 4.69) is 33.0 Å². The molecule has 2 aromatic rings. The van der Waals surface area contributed by atoms with Gasteiger partial charge >= 0.3 is 0 Å². The summed E-state index contributed by atoms with van der Waals surface area (Å²) in [7, 11) is 1.63. The Labute approximate surface area is 126 Å². The van der Waals surface area contributed by atoms with Crippen molar-refractivity contribution in [2.45, 2.75) is 25.7 Å². The molecule has 20 heavy (non-hydrogen) atoms. The van der Waals surface area contributed by atoms with Gasteiger partial charge in [0.1, 0.15) is 5.75 Å². The van der Waals surface area contributed by atoms with Gasteiger partial charge in [0.05, 0.1) is 17.0 Å². The van der Waals surface area contributed by atoms with E-state index in [1.54, 1.807) is 7.11 Å². The van der Waals surface area contributed by atoms with E-state index in [1.807, 2.05) is 25.1 Å². The predicted octanol–water partition coefficient (Wildman–Crippen LogP) is 3.13. The van der Waals surface area contributed by atoms with Crippen LogP contribution in [0.15, 0.2) is 27.2 Å². The Bertz CT molecular complexity index is 594. The monoisotopic (exact) mass is 339 g/mol. The maximum atomic E-state index is 5.81. The molecule has 0 amide bonds. The fourth-order valence-electron chi connectivity index (χ4n) is 1.77. The summed E-state index contributed by atoms with van der Waals surface area (Å²) in [6, 6.07) is 5.65. The minimum Gasteiger partial charge on any atom is -0.496 e. The zero-order chi connectivity index (χ0) is 14.8. The number of hydrogen-bond acceptors (Lipinski definition) is 5. The van der Waals surface area contributed by atoms with Crippen molar-refractivity contribution in [3.05, 3.63) is 28.6 Å². The number of methoxy groups -OCH3 is 1. The number of halogens is 1. The van der Waals surface area contributed by atoms with Crippen LogP contribution >= 0.6 is 15.9 Å². The molecule has 0 aliphatic carbocycles. The van der Waals surface area contributed by atoms with Gasteiger partial charge < -0.3 is 15.0 Å². The third kappa shape index (κ3) is 2.71. The summed E-state index contributed by atoms with van der Waals surface area (Å²) in [6.07, 6.45) is 0.845. The van der Waals surface area contributed by atoms with E-state index >= 15 is 0 Å². The Balaban J connectivity index is 2.36. The van der Waals surface area contributed by atoms with Crippen LogP contribution in [-0.4, -0.2) is 23.8 Å². The van der Waals surface area contributed by atoms with Gasteiger partial charge in [-0.25, -0.2) is 0 Å². The maximum absolute atomic E-state index is 5.81. The second kappa shape index (κ2) is 5.93. The highest BCUT2D eigenvalue weighted by Crippen LogP contribution is 2.31. The summed E-state index contributed by atoms with van der Waals surface area (Å²) in [5.41, 5.74) is 6.39. The number of aromatic nitrogens is 2. The zero-order valence-electron chi connectivity index (χ0n) is 11.8. The van der Waals surface area contributed by atoms with Crippen molar-refractivity contribution in [3.63, 3.8) is 0 Å². The normalized spacial score (nSPS) is 14.1. The highest BCUT2D eigenvalue weighted by Gasteiger charge is 2.29. The van der Waals surface area contributed by atoms with Crippen molar-refractivity contribution in [1.29, 1.82) is 0 Å². The highest BCUT2D eigenvalue weighted by molar-refractivity contribution is 9.10. The van der Waals surface area contributed by atoms with Crippen LogP contribution in [0.3, 0.4) is 0 Å². The standard InChI is InChI=1S/C14H18BrN3O2/c1-4-14(2,8-16)13-17-12(18-20-13)9-5-6-11(19-3)10(15)7-9/h5-7H,4,8,16H2,1-3H3. The number of benzene rings is 1. The molecule has 0 saturated carbocycles. The van der Waals surface area contributed by atoms with Crippen LogP contribution in [-0.2, 0) is 5.41 Å². The lowest BCUT2D eigenvalue weighted by molar-refractivity contribution is 0.291. The SMILES string of the molecule is CCC(C)(CN)c1nc(-c2ccc(OC)c(Br)c2)no1. The molecule has 1 aromatic carbocycles. The van der Waals surface area contributed by atoms with Crippen molar-refractivity contribution >= 4 is 15.9 Å². The van der Waals surface area contributed by atoms with Crippen LogP contribution in [0.4, 0.5) is 0 Å². The number of ether oxygens (including phenoxy) is 1. The minimum atomic E-state index is -0.283. The Morgan fingerprint density at radius 3 is 2.75 bits per heavy atom. The molecule has 0 radical (unpaired) electrons. The average molecular weight is 340 g/mol. The summed E-state index contributed by atoms with van der Waals surface area (Å²) < 4.78 is 11.4. The fourth-order valence-corrected chi connectivity index (χ4v) is 2.31. The van der Waals surface area contributed by atoms with Gasteiger partial charge in [0, 0.05) is 12.1 Å². The maximum Gasteiger partial charge on any atom is 0.234 e. The van der Waals surface area contributed by atoms with E-state index in [9.17, 15) is 0 Å². The third-order valence-corrected chi connectivity index (χ3v) is 4.20. The van der Waals surface area contributed by atoms with Crippen LogP contribution in [0.5, 0.6) is 5.75 Å². The minimum absolute atomic E-state index is 0.283. The first-order chi connectivity index (χ1) is 9.54. The van der Waals surface area contributed by atoms with Gasteiger partial charge in [-0.1, -0.05) is 12.1 Å². The number of nitrogens with zero attached hydrogens (tertiary/aromatic N) is 2. The largest absolute Gasteiger partial charge is 0.496 e. The van der Waals surface area contributed by atoms with Gasteiger partial charge in [-0.3, -0.25) is 0 Å². The molecule has 2 N–H and O–H groups in total. The molecule has 0 saturated heterocycles. The number of nitrogens with two attached hydrogens (primary N) is 1. The van der Waals surface area contributed by atoms with E-state index in [4.69, 9.17) is 15.0 Å². The number of rotatable bonds is 5. The zero-order valence-corrected chi connectivity index (χ0v) is 13.4. The van der Waals surface area contributed by atoms with Crippen LogP contribution in [0.25, 0.3) is 11.4 Å². The lowest BCUT2D eigenvalue weighted by Gasteiger charge is -2.20. The van der Waals surface area contributed by atoms with Crippen molar-refractivity contribution in [2.24, 2.45) is 5.73 Å². The average Bonchev–Trinajstić information content (AvgIpc) is 2.96. The summed E-state index contributed by atoms with van der Waals surface area (Å²) in [4.78, 5) is 4.47. The van der Waals surface area contributed by atoms with Gasteiger partial charge in [-0.2, -0.15) is 4.98 Å². The molecule has 1 heterocycles. The first-order valence-corrected chi connectivity index (χ1v) is 7.21. The molecule has 108 valence electrons. The first-order valence-electron chi connectivity index (χ1n) is 6.42. The quantitative estimate of drug-likeness (QED) is 0.905. The van der Waals surface area contributed by atoms with Gasteiger partial charge in [0.25, 0.3) is 0 Å². The van der Waals surface area contributed by atoms with Gasteiger partial charge in [0.15, 0.2) is 0 Å². The summed E-state index contributed by atoms with van der Waals surface area (Å²) in [5.74, 6) is 1.89. The lowest BCUT2D eigenvalue weighted by Crippen LogP contribution is -2.31. The summed E-state index contributed by atoms with van der Waals surface area (Å²) >= 11 is 3.45. The predicted molar refractivity (Wildman–Crippen MR) is 80.7 cm³/mol. The Kier molecular flexibility index (Phi) is 4.45. The van der Waals surface area contributed by atoms with Crippen molar-refractivity contribution in [3.8, 4) is 17.1 Å². The molecule has 0 aliphatic heterocycles. The molecule has 5 nitrogen and oxygen atoms in total. The molecule has 1 atom stereocenters. The van der Waals surface area contributed by atoms with E-state index in [0.29, 0.717) is 18.3 Å². The molecule has 0 aliphatic rings. The number of hydrogen-bond donors (Lipinski definition) is 1. The molecule has 0 fully saturated rings. The molecular formula is C14H18BrN3O2. The van der Waals surface area contributed by atoms with Crippen LogP contribution in [0, 0.1) is 0 Å². The van der Waals surface area contributed by atoms with E-state index in [1.165, 1.54) is 0 Å². The highest BCUT2D eigenvalue weighted by atomic mass is 79.9. The molecular weight excluding hydrogens is 322 g/mol. The Hall–Kier alpha value is -1.40. The van der Waals surface area contributed by atoms with Crippen molar-refractivity contribution in [1.82, 2.24) is 10.1 Å². The third-order valence-electron chi connectivity index (χ3n) is 3.58. The van der Waals surface area contributed by atoms with Crippen LogP contribution < -0.4 is 10.5 Å². The van der Waals surface area contributed by atoms with Gasteiger partial charge in [-0.05, 0) is 47.5 Å². The lowest BCUT2D eigenvalue weighted by atomic mass is 9.88. The van der Waals surface area contributed by atoms with Gasteiger partial charge in [-0.15, -0.1) is 0 Å².